The maximum atomic E-state index is 3.65. The van der Waals surface area contributed by atoms with Crippen molar-refractivity contribution in [3.8, 4) is 0 Å². The standard InChI is InChI=1S/C21H21N/c1-2-4-18-17(3-1)21-19(22-18)6-5-16-14-8-12-7-13(9-14)11-15(10-12)20(16)21/h1-6,12-15,22H,7-11H2. The first-order valence-electron chi connectivity index (χ1n) is 8.90. The van der Waals surface area contributed by atoms with Crippen molar-refractivity contribution in [2.75, 3.05) is 0 Å². The molecule has 1 heteroatoms. The van der Waals surface area contributed by atoms with E-state index in [-0.39, 0.29) is 0 Å². The van der Waals surface area contributed by atoms with Gasteiger partial charge in [-0.05, 0) is 79.0 Å². The quantitative estimate of drug-likeness (QED) is 0.545. The van der Waals surface area contributed by atoms with Crippen LogP contribution in [-0.4, -0.2) is 4.98 Å². The third-order valence-electron chi connectivity index (χ3n) is 6.73. The van der Waals surface area contributed by atoms with Crippen LogP contribution in [0.15, 0.2) is 36.4 Å². The Morgan fingerprint density at radius 1 is 0.727 bits per heavy atom. The van der Waals surface area contributed by atoms with E-state index < -0.39 is 0 Å². The van der Waals surface area contributed by atoms with Gasteiger partial charge in [-0.1, -0.05) is 24.3 Å². The van der Waals surface area contributed by atoms with Gasteiger partial charge in [-0.15, -0.1) is 0 Å². The van der Waals surface area contributed by atoms with Gasteiger partial charge >= 0.3 is 0 Å². The van der Waals surface area contributed by atoms with Crippen molar-refractivity contribution in [3.05, 3.63) is 47.5 Å². The lowest BCUT2D eigenvalue weighted by molar-refractivity contribution is 0.166. The van der Waals surface area contributed by atoms with Gasteiger partial charge in [0.05, 0.1) is 0 Å². The van der Waals surface area contributed by atoms with Crippen molar-refractivity contribution < 1.29 is 0 Å². The molecule has 0 aliphatic heterocycles. The van der Waals surface area contributed by atoms with Gasteiger partial charge in [0.1, 0.15) is 0 Å². The Morgan fingerprint density at radius 2 is 1.50 bits per heavy atom. The number of hydrogen-bond donors (Lipinski definition) is 1. The number of para-hydroxylation sites is 1. The second-order valence-electron chi connectivity index (χ2n) is 7.97. The lowest BCUT2D eigenvalue weighted by Gasteiger charge is -2.38. The molecule has 2 fully saturated rings. The van der Waals surface area contributed by atoms with Crippen molar-refractivity contribution in [2.45, 2.75) is 43.9 Å². The van der Waals surface area contributed by atoms with Crippen LogP contribution in [0.4, 0.5) is 0 Å². The summed E-state index contributed by atoms with van der Waals surface area (Å²) in [4.78, 5) is 3.65. The van der Waals surface area contributed by atoms with Crippen molar-refractivity contribution in [1.29, 1.82) is 0 Å². The summed E-state index contributed by atoms with van der Waals surface area (Å²) in [5.41, 5.74) is 6.08. The van der Waals surface area contributed by atoms with Crippen molar-refractivity contribution in [2.24, 2.45) is 11.8 Å². The van der Waals surface area contributed by atoms with Gasteiger partial charge in [0.15, 0.2) is 0 Å². The lowest BCUT2D eigenvalue weighted by Crippen LogP contribution is -2.25. The molecule has 1 heterocycles. The third-order valence-corrected chi connectivity index (χ3v) is 6.73. The van der Waals surface area contributed by atoms with E-state index in [1.165, 1.54) is 48.5 Å². The van der Waals surface area contributed by atoms with E-state index in [9.17, 15) is 0 Å². The fourth-order valence-electron chi connectivity index (χ4n) is 6.12. The Bertz CT molecular complexity index is 889. The van der Waals surface area contributed by atoms with Crippen LogP contribution >= 0.6 is 0 Å². The third kappa shape index (κ3) is 1.40. The van der Waals surface area contributed by atoms with Crippen LogP contribution in [0.2, 0.25) is 0 Å². The highest BCUT2D eigenvalue weighted by atomic mass is 14.7. The molecule has 4 aliphatic rings. The number of nitrogens with one attached hydrogen (secondary N) is 1. The lowest BCUT2D eigenvalue weighted by atomic mass is 9.67. The van der Waals surface area contributed by atoms with E-state index >= 15 is 0 Å². The van der Waals surface area contributed by atoms with Crippen LogP contribution in [0.3, 0.4) is 0 Å². The molecule has 2 aromatic carbocycles. The van der Waals surface area contributed by atoms with Crippen LogP contribution in [0.25, 0.3) is 21.8 Å². The maximum absolute atomic E-state index is 3.65. The van der Waals surface area contributed by atoms with Crippen molar-refractivity contribution in [3.63, 3.8) is 0 Å². The van der Waals surface area contributed by atoms with Crippen LogP contribution in [-0.2, 0) is 0 Å². The normalized spacial score (nSPS) is 32.5. The molecule has 2 saturated carbocycles. The molecule has 4 aliphatic carbocycles. The highest BCUT2D eigenvalue weighted by Gasteiger charge is 2.42. The van der Waals surface area contributed by atoms with Crippen LogP contribution in [0, 0.1) is 11.8 Å². The van der Waals surface area contributed by atoms with Crippen molar-refractivity contribution >= 4 is 21.8 Å². The zero-order valence-electron chi connectivity index (χ0n) is 12.8. The topological polar surface area (TPSA) is 15.8 Å². The van der Waals surface area contributed by atoms with E-state index in [1.807, 2.05) is 0 Å². The van der Waals surface area contributed by atoms with Gasteiger partial charge in [-0.3, -0.25) is 0 Å². The molecule has 0 radical (unpaired) electrons. The first-order chi connectivity index (χ1) is 10.9. The number of benzene rings is 2. The summed E-state index contributed by atoms with van der Waals surface area (Å²) in [6.45, 7) is 0. The number of rotatable bonds is 0. The summed E-state index contributed by atoms with van der Waals surface area (Å²) >= 11 is 0. The van der Waals surface area contributed by atoms with Gasteiger partial charge in [0.2, 0.25) is 0 Å². The predicted molar refractivity (Wildman–Crippen MR) is 91.4 cm³/mol. The predicted octanol–water partition coefficient (Wildman–Crippen LogP) is 5.71. The van der Waals surface area contributed by atoms with Crippen LogP contribution in [0.5, 0.6) is 0 Å². The number of H-pyrrole nitrogens is 1. The van der Waals surface area contributed by atoms with E-state index in [0.717, 1.165) is 23.7 Å². The minimum atomic E-state index is 0.814. The number of hydrogen-bond acceptors (Lipinski definition) is 0. The van der Waals surface area contributed by atoms with E-state index in [0.29, 0.717) is 0 Å². The number of aromatic amines is 1. The molecule has 110 valence electrons. The molecular formula is C21H21N. The van der Waals surface area contributed by atoms with E-state index in [2.05, 4.69) is 41.4 Å². The average Bonchev–Trinajstić information content (AvgIpc) is 2.82. The average molecular weight is 287 g/mol. The molecule has 1 nitrogen and oxygen atoms in total. The Morgan fingerprint density at radius 3 is 2.36 bits per heavy atom. The molecule has 1 aromatic heterocycles. The summed E-state index contributed by atoms with van der Waals surface area (Å²) in [6, 6.07) is 13.7. The smallest absolute Gasteiger partial charge is 0.0467 e. The second kappa shape index (κ2) is 3.95. The highest BCUT2D eigenvalue weighted by Crippen LogP contribution is 2.57. The fraction of sp³-hybridized carbons (Fsp3) is 0.429. The van der Waals surface area contributed by atoms with Crippen LogP contribution < -0.4 is 0 Å². The summed E-state index contributed by atoms with van der Waals surface area (Å²) in [5, 5.41) is 2.99. The number of fused-ring (bicyclic) bond motifs is 3. The second-order valence-corrected chi connectivity index (χ2v) is 7.97. The maximum Gasteiger partial charge on any atom is 0.0467 e. The van der Waals surface area contributed by atoms with E-state index in [4.69, 9.17) is 0 Å². The summed E-state index contributed by atoms with van der Waals surface area (Å²) in [6.07, 6.45) is 7.30. The number of aromatic nitrogens is 1. The minimum Gasteiger partial charge on any atom is -0.355 e. The summed E-state index contributed by atoms with van der Waals surface area (Å²) in [7, 11) is 0. The van der Waals surface area contributed by atoms with Crippen molar-refractivity contribution in [1.82, 2.24) is 4.98 Å². The van der Waals surface area contributed by atoms with Gasteiger partial charge in [-0.2, -0.15) is 0 Å². The van der Waals surface area contributed by atoms with Gasteiger partial charge in [-0.25, -0.2) is 0 Å². The molecule has 4 bridgehead atoms. The first-order valence-corrected chi connectivity index (χ1v) is 8.90. The first kappa shape index (κ1) is 11.8. The molecule has 0 spiro atoms. The molecule has 0 amide bonds. The molecule has 0 saturated heterocycles. The molecular weight excluding hydrogens is 266 g/mol. The molecule has 7 rings (SSSR count). The molecule has 2 unspecified atom stereocenters. The zero-order valence-corrected chi connectivity index (χ0v) is 12.8. The minimum absolute atomic E-state index is 0.814. The Labute approximate surface area is 130 Å². The Hall–Kier alpha value is -1.76. The fourth-order valence-corrected chi connectivity index (χ4v) is 6.12. The molecule has 22 heavy (non-hydrogen) atoms. The summed E-state index contributed by atoms with van der Waals surface area (Å²) < 4.78 is 0. The summed E-state index contributed by atoms with van der Waals surface area (Å²) in [5.74, 6) is 3.64. The van der Waals surface area contributed by atoms with Gasteiger partial charge in [0, 0.05) is 21.8 Å². The van der Waals surface area contributed by atoms with E-state index in [1.54, 1.807) is 16.5 Å². The molecule has 3 aromatic rings. The highest BCUT2D eigenvalue weighted by molar-refractivity contribution is 6.09. The Balaban J connectivity index is 1.75. The zero-order chi connectivity index (χ0) is 14.3. The monoisotopic (exact) mass is 287 g/mol. The molecule has 2 atom stereocenters. The molecule has 1 N–H and O–H groups in total. The van der Waals surface area contributed by atoms with Gasteiger partial charge in [0.25, 0.3) is 0 Å². The largest absolute Gasteiger partial charge is 0.355 e. The Kier molecular flexibility index (Phi) is 2.11. The van der Waals surface area contributed by atoms with Crippen LogP contribution in [0.1, 0.15) is 55.1 Å². The van der Waals surface area contributed by atoms with Gasteiger partial charge < -0.3 is 4.98 Å². The SMILES string of the molecule is c1ccc2c(c1)[nH]c1ccc3c(c12)C1CC2CC(CC3C2)C1.